The van der Waals surface area contributed by atoms with E-state index in [0.717, 1.165) is 11.1 Å². The van der Waals surface area contributed by atoms with Crippen molar-refractivity contribution in [3.05, 3.63) is 0 Å². The molecule has 0 unspecified atom stereocenters. The van der Waals surface area contributed by atoms with Crippen LogP contribution in [-0.2, 0) is 0 Å². The molecule has 10 heavy (non-hydrogen) atoms. The summed E-state index contributed by atoms with van der Waals surface area (Å²) in [6.45, 7) is 11.8. The van der Waals surface area contributed by atoms with Gasteiger partial charge in [0.05, 0.1) is 8.80 Å². The highest BCUT2D eigenvalue weighted by molar-refractivity contribution is 6.61. The zero-order valence-electron chi connectivity index (χ0n) is 8.07. The summed E-state index contributed by atoms with van der Waals surface area (Å²) in [5.74, 6) is 0. The van der Waals surface area contributed by atoms with E-state index in [0.29, 0.717) is 0 Å². The van der Waals surface area contributed by atoms with Gasteiger partial charge in [-0.15, -0.1) is 0 Å². The molecule has 0 heterocycles. The highest BCUT2D eigenvalue weighted by Gasteiger charge is 2.17. The smallest absolute Gasteiger partial charge is 0.0534 e. The Kier molecular flexibility index (Phi) is 5.05. The normalized spacial score (nSPS) is 12.0. The van der Waals surface area contributed by atoms with E-state index in [9.17, 15) is 0 Å². The maximum atomic E-state index is 2.38. The molecular formula is C9H21Si. The summed E-state index contributed by atoms with van der Waals surface area (Å²) < 4.78 is 0. The van der Waals surface area contributed by atoms with Crippen LogP contribution in [0.2, 0.25) is 17.1 Å². The summed E-state index contributed by atoms with van der Waals surface area (Å²) in [7, 11) is -0.0296. The summed E-state index contributed by atoms with van der Waals surface area (Å²) in [6.07, 6.45) is 1.38. The number of rotatable bonds is 4. The first kappa shape index (κ1) is 10.2. The van der Waals surface area contributed by atoms with Crippen LogP contribution in [0.5, 0.6) is 0 Å². The SMILES string of the molecule is CCC[Si](C(C)C)C(C)C. The highest BCUT2D eigenvalue weighted by Crippen LogP contribution is 2.24. The summed E-state index contributed by atoms with van der Waals surface area (Å²) >= 11 is 0. The molecular weight excluding hydrogens is 136 g/mol. The zero-order valence-corrected chi connectivity index (χ0v) is 9.07. The Morgan fingerprint density at radius 1 is 1.00 bits per heavy atom. The molecule has 0 nitrogen and oxygen atoms in total. The molecule has 0 bridgehead atoms. The standard InChI is InChI=1S/C9H21Si/c1-6-7-10(8(2)3)9(4)5/h8-9H,6-7H2,1-5H3. The molecule has 0 rings (SSSR count). The molecule has 0 aromatic heterocycles. The van der Waals surface area contributed by atoms with Crippen LogP contribution in [0.3, 0.4) is 0 Å². The van der Waals surface area contributed by atoms with Crippen LogP contribution in [0.1, 0.15) is 41.0 Å². The van der Waals surface area contributed by atoms with Crippen molar-refractivity contribution in [2.45, 2.75) is 58.2 Å². The van der Waals surface area contributed by atoms with Crippen LogP contribution in [-0.4, -0.2) is 8.80 Å². The van der Waals surface area contributed by atoms with Gasteiger partial charge in [0.15, 0.2) is 0 Å². The Hall–Kier alpha value is 0.217. The van der Waals surface area contributed by atoms with Crippen LogP contribution in [0.4, 0.5) is 0 Å². The Morgan fingerprint density at radius 2 is 1.40 bits per heavy atom. The van der Waals surface area contributed by atoms with Crippen molar-refractivity contribution in [2.24, 2.45) is 0 Å². The van der Waals surface area contributed by atoms with Gasteiger partial charge in [-0.3, -0.25) is 0 Å². The third-order valence-electron chi connectivity index (χ3n) is 2.02. The van der Waals surface area contributed by atoms with Crippen molar-refractivity contribution in [1.82, 2.24) is 0 Å². The predicted octanol–water partition coefficient (Wildman–Crippen LogP) is 3.71. The van der Waals surface area contributed by atoms with Gasteiger partial charge in [0.25, 0.3) is 0 Å². The average Bonchev–Trinajstić information content (AvgIpc) is 1.81. The lowest BCUT2D eigenvalue weighted by Gasteiger charge is -2.21. The van der Waals surface area contributed by atoms with E-state index >= 15 is 0 Å². The quantitative estimate of drug-likeness (QED) is 0.546. The average molecular weight is 157 g/mol. The first-order chi connectivity index (χ1) is 4.59. The number of hydrogen-bond donors (Lipinski definition) is 0. The molecule has 0 aromatic carbocycles. The lowest BCUT2D eigenvalue weighted by atomic mass is 10.5. The minimum atomic E-state index is -0.0296. The molecule has 0 saturated carbocycles. The lowest BCUT2D eigenvalue weighted by Crippen LogP contribution is -2.19. The van der Waals surface area contributed by atoms with Gasteiger partial charge in [-0.25, -0.2) is 0 Å². The second-order valence-electron chi connectivity index (χ2n) is 3.63. The summed E-state index contributed by atoms with van der Waals surface area (Å²) in [5, 5.41) is 0. The number of hydrogen-bond acceptors (Lipinski definition) is 0. The van der Waals surface area contributed by atoms with E-state index in [1.54, 1.807) is 0 Å². The van der Waals surface area contributed by atoms with Gasteiger partial charge >= 0.3 is 0 Å². The van der Waals surface area contributed by atoms with Crippen molar-refractivity contribution >= 4 is 8.80 Å². The second-order valence-corrected chi connectivity index (χ2v) is 7.59. The third kappa shape index (κ3) is 3.40. The fourth-order valence-corrected chi connectivity index (χ4v) is 4.60. The van der Waals surface area contributed by atoms with Gasteiger partial charge in [0.2, 0.25) is 0 Å². The van der Waals surface area contributed by atoms with Gasteiger partial charge in [0, 0.05) is 0 Å². The molecule has 0 aliphatic rings. The molecule has 0 amide bonds. The van der Waals surface area contributed by atoms with Crippen molar-refractivity contribution in [1.29, 1.82) is 0 Å². The summed E-state index contributed by atoms with van der Waals surface area (Å²) in [6, 6.07) is 1.50. The van der Waals surface area contributed by atoms with Gasteiger partial charge in [0.1, 0.15) is 0 Å². The van der Waals surface area contributed by atoms with Crippen LogP contribution < -0.4 is 0 Å². The molecule has 0 fully saturated rings. The minimum Gasteiger partial charge on any atom is -0.0657 e. The van der Waals surface area contributed by atoms with Crippen molar-refractivity contribution in [3.8, 4) is 0 Å². The van der Waals surface area contributed by atoms with E-state index < -0.39 is 0 Å². The van der Waals surface area contributed by atoms with E-state index in [1.165, 1.54) is 12.5 Å². The summed E-state index contributed by atoms with van der Waals surface area (Å²) in [4.78, 5) is 0. The monoisotopic (exact) mass is 157 g/mol. The molecule has 0 aliphatic carbocycles. The molecule has 1 radical (unpaired) electrons. The molecule has 61 valence electrons. The molecule has 0 saturated heterocycles. The van der Waals surface area contributed by atoms with E-state index in [2.05, 4.69) is 34.6 Å². The maximum absolute atomic E-state index is 2.38. The Labute approximate surface area is 67.6 Å². The third-order valence-corrected chi connectivity index (χ3v) is 6.07. The van der Waals surface area contributed by atoms with Gasteiger partial charge in [-0.2, -0.15) is 0 Å². The van der Waals surface area contributed by atoms with E-state index in [-0.39, 0.29) is 8.80 Å². The Morgan fingerprint density at radius 3 is 1.50 bits per heavy atom. The maximum Gasteiger partial charge on any atom is 0.0534 e. The Bertz CT molecular complexity index is 68.8. The highest BCUT2D eigenvalue weighted by atomic mass is 28.3. The van der Waals surface area contributed by atoms with Gasteiger partial charge in [-0.1, -0.05) is 58.2 Å². The molecule has 0 aliphatic heterocycles. The largest absolute Gasteiger partial charge is 0.0657 e. The topological polar surface area (TPSA) is 0 Å². The van der Waals surface area contributed by atoms with Crippen molar-refractivity contribution in [3.63, 3.8) is 0 Å². The van der Waals surface area contributed by atoms with Crippen molar-refractivity contribution < 1.29 is 0 Å². The fraction of sp³-hybridized carbons (Fsp3) is 1.00. The van der Waals surface area contributed by atoms with Crippen LogP contribution in [0.15, 0.2) is 0 Å². The molecule has 0 atom stereocenters. The minimum absolute atomic E-state index is 0.0296. The van der Waals surface area contributed by atoms with Crippen LogP contribution in [0, 0.1) is 0 Å². The second kappa shape index (κ2) is 4.95. The molecule has 0 N–H and O–H groups in total. The van der Waals surface area contributed by atoms with E-state index in [1.807, 2.05) is 0 Å². The van der Waals surface area contributed by atoms with Crippen LogP contribution >= 0.6 is 0 Å². The van der Waals surface area contributed by atoms with Crippen molar-refractivity contribution in [2.75, 3.05) is 0 Å². The van der Waals surface area contributed by atoms with Gasteiger partial charge in [-0.05, 0) is 0 Å². The zero-order chi connectivity index (χ0) is 8.15. The fourth-order valence-electron chi connectivity index (χ4n) is 1.53. The van der Waals surface area contributed by atoms with E-state index in [4.69, 9.17) is 0 Å². The Balaban J connectivity index is 3.73. The molecule has 1 heteroatoms. The first-order valence-corrected chi connectivity index (χ1v) is 6.31. The lowest BCUT2D eigenvalue weighted by molar-refractivity contribution is 0.894. The molecule has 0 spiro atoms. The predicted molar refractivity (Wildman–Crippen MR) is 51.0 cm³/mol. The van der Waals surface area contributed by atoms with Crippen LogP contribution in [0.25, 0.3) is 0 Å². The summed E-state index contributed by atoms with van der Waals surface area (Å²) in [5.41, 5.74) is 1.93. The first-order valence-electron chi connectivity index (χ1n) is 4.45. The molecule has 0 aromatic rings. The van der Waals surface area contributed by atoms with Gasteiger partial charge < -0.3 is 0 Å².